The molecule has 1 fully saturated rings. The molecule has 1 aromatic carbocycles. The van der Waals surface area contributed by atoms with E-state index in [-0.39, 0.29) is 6.10 Å². The molecule has 1 unspecified atom stereocenters. The summed E-state index contributed by atoms with van der Waals surface area (Å²) in [5, 5.41) is 7.99. The maximum atomic E-state index is 5.73. The summed E-state index contributed by atoms with van der Waals surface area (Å²) in [5.74, 6) is 0. The zero-order chi connectivity index (χ0) is 14.5. The Morgan fingerprint density at radius 3 is 2.95 bits per heavy atom. The van der Waals surface area contributed by atoms with Gasteiger partial charge in [-0.3, -0.25) is 4.90 Å². The van der Waals surface area contributed by atoms with Gasteiger partial charge in [-0.2, -0.15) is 5.10 Å². The number of morpholine rings is 1. The van der Waals surface area contributed by atoms with Crippen LogP contribution in [0.5, 0.6) is 0 Å². The van der Waals surface area contributed by atoms with E-state index in [0.29, 0.717) is 0 Å². The summed E-state index contributed by atoms with van der Waals surface area (Å²) < 4.78 is 7.65. The first-order valence-corrected chi connectivity index (χ1v) is 7.42. The van der Waals surface area contributed by atoms with Crippen molar-refractivity contribution in [3.05, 3.63) is 48.3 Å². The Kier molecular flexibility index (Phi) is 4.65. The van der Waals surface area contributed by atoms with Gasteiger partial charge in [0.1, 0.15) is 0 Å². The van der Waals surface area contributed by atoms with E-state index in [1.54, 1.807) is 0 Å². The van der Waals surface area contributed by atoms with Crippen LogP contribution in [0, 0.1) is 0 Å². The first-order valence-electron chi connectivity index (χ1n) is 7.42. The zero-order valence-electron chi connectivity index (χ0n) is 12.4. The van der Waals surface area contributed by atoms with Crippen LogP contribution in [0.1, 0.15) is 5.69 Å². The van der Waals surface area contributed by atoms with Crippen molar-refractivity contribution in [2.24, 2.45) is 0 Å². The lowest BCUT2D eigenvalue weighted by Crippen LogP contribution is -2.44. The van der Waals surface area contributed by atoms with Crippen LogP contribution >= 0.6 is 0 Å². The van der Waals surface area contributed by atoms with Crippen molar-refractivity contribution >= 4 is 0 Å². The monoisotopic (exact) mass is 286 g/mol. The number of hydrogen-bond donors (Lipinski definition) is 1. The van der Waals surface area contributed by atoms with Crippen LogP contribution in [0.15, 0.2) is 42.6 Å². The zero-order valence-corrected chi connectivity index (χ0v) is 12.4. The number of para-hydroxylation sites is 1. The maximum absolute atomic E-state index is 5.73. The van der Waals surface area contributed by atoms with Crippen molar-refractivity contribution in [2.45, 2.75) is 12.6 Å². The van der Waals surface area contributed by atoms with Crippen molar-refractivity contribution in [1.82, 2.24) is 20.0 Å². The summed E-state index contributed by atoms with van der Waals surface area (Å²) in [7, 11) is 2.11. The summed E-state index contributed by atoms with van der Waals surface area (Å²) >= 11 is 0. The molecule has 112 valence electrons. The number of hydrogen-bond acceptors (Lipinski definition) is 4. The summed E-state index contributed by atoms with van der Waals surface area (Å²) in [5.41, 5.74) is 2.16. The topological polar surface area (TPSA) is 42.3 Å². The van der Waals surface area contributed by atoms with Crippen LogP contribution < -0.4 is 5.32 Å². The summed E-state index contributed by atoms with van der Waals surface area (Å²) in [6.45, 7) is 4.45. The molecule has 1 N–H and O–H groups in total. The highest BCUT2D eigenvalue weighted by atomic mass is 16.5. The highest BCUT2D eigenvalue weighted by Crippen LogP contribution is 2.09. The van der Waals surface area contributed by atoms with Gasteiger partial charge in [-0.15, -0.1) is 0 Å². The number of nitrogens with zero attached hydrogens (tertiary/aromatic N) is 3. The fraction of sp³-hybridized carbons (Fsp3) is 0.438. The van der Waals surface area contributed by atoms with Crippen LogP contribution in [0.3, 0.4) is 0 Å². The Hall–Kier alpha value is -1.69. The molecular formula is C16H22N4O. The molecule has 1 aromatic heterocycles. The smallest absolute Gasteiger partial charge is 0.0826 e. The van der Waals surface area contributed by atoms with E-state index in [9.17, 15) is 0 Å². The fourth-order valence-electron chi connectivity index (χ4n) is 2.60. The highest BCUT2D eigenvalue weighted by Gasteiger charge is 2.16. The third-order valence-corrected chi connectivity index (χ3v) is 3.62. The number of aromatic nitrogens is 2. The van der Waals surface area contributed by atoms with E-state index in [1.165, 1.54) is 0 Å². The molecular weight excluding hydrogens is 264 g/mol. The number of rotatable bonds is 5. The third-order valence-electron chi connectivity index (χ3n) is 3.62. The second kappa shape index (κ2) is 6.85. The van der Waals surface area contributed by atoms with Crippen LogP contribution in [0.2, 0.25) is 0 Å². The first kappa shape index (κ1) is 14.3. The predicted octanol–water partition coefficient (Wildman–Crippen LogP) is 1.29. The average Bonchev–Trinajstić information content (AvgIpc) is 2.97. The maximum Gasteiger partial charge on any atom is 0.0826 e. The molecule has 1 saturated heterocycles. The number of likely N-dealkylation sites (N-methyl/N-ethyl adjacent to an activating group) is 1. The molecule has 0 spiro atoms. The standard InChI is InChI=1S/C16H22N4O/c1-19(13-16-11-17-8-10-21-16)12-14-7-9-20(18-14)15-5-3-2-4-6-15/h2-7,9,16-17H,8,10-13H2,1H3. The Balaban J connectivity index is 1.56. The van der Waals surface area contributed by atoms with Gasteiger partial charge in [0, 0.05) is 32.4 Å². The molecule has 0 bridgehead atoms. The minimum absolute atomic E-state index is 0.278. The van der Waals surface area contributed by atoms with Crippen LogP contribution in [-0.4, -0.2) is 54.1 Å². The third kappa shape index (κ3) is 3.91. The van der Waals surface area contributed by atoms with Crippen LogP contribution in [0.4, 0.5) is 0 Å². The fourth-order valence-corrected chi connectivity index (χ4v) is 2.60. The van der Waals surface area contributed by atoms with Crippen molar-refractivity contribution in [2.75, 3.05) is 33.3 Å². The molecule has 1 aliphatic rings. The predicted molar refractivity (Wildman–Crippen MR) is 82.5 cm³/mol. The van der Waals surface area contributed by atoms with Crippen molar-refractivity contribution in [3.63, 3.8) is 0 Å². The molecule has 3 rings (SSSR count). The van der Waals surface area contributed by atoms with Gasteiger partial charge in [0.25, 0.3) is 0 Å². The molecule has 1 aliphatic heterocycles. The van der Waals surface area contributed by atoms with E-state index in [0.717, 1.165) is 44.2 Å². The minimum Gasteiger partial charge on any atom is -0.374 e. The van der Waals surface area contributed by atoms with E-state index < -0.39 is 0 Å². The summed E-state index contributed by atoms with van der Waals surface area (Å²) in [6, 6.07) is 12.2. The number of benzene rings is 1. The van der Waals surface area contributed by atoms with E-state index >= 15 is 0 Å². The van der Waals surface area contributed by atoms with Crippen molar-refractivity contribution < 1.29 is 4.74 Å². The number of nitrogens with one attached hydrogen (secondary N) is 1. The quantitative estimate of drug-likeness (QED) is 0.899. The molecule has 0 amide bonds. The molecule has 0 radical (unpaired) electrons. The Morgan fingerprint density at radius 2 is 2.19 bits per heavy atom. The highest BCUT2D eigenvalue weighted by molar-refractivity contribution is 5.30. The van der Waals surface area contributed by atoms with Gasteiger partial charge in [0.05, 0.1) is 24.1 Å². The molecule has 21 heavy (non-hydrogen) atoms. The van der Waals surface area contributed by atoms with Gasteiger partial charge < -0.3 is 10.1 Å². The number of ether oxygens (including phenoxy) is 1. The van der Waals surface area contributed by atoms with Gasteiger partial charge in [-0.25, -0.2) is 4.68 Å². The van der Waals surface area contributed by atoms with Gasteiger partial charge in [-0.05, 0) is 25.2 Å². The van der Waals surface area contributed by atoms with Crippen molar-refractivity contribution in [1.29, 1.82) is 0 Å². The molecule has 0 aliphatic carbocycles. The summed E-state index contributed by atoms with van der Waals surface area (Å²) in [4.78, 5) is 2.26. The normalized spacial score (nSPS) is 19.0. The molecule has 5 nitrogen and oxygen atoms in total. The molecule has 0 saturated carbocycles. The van der Waals surface area contributed by atoms with Gasteiger partial charge >= 0.3 is 0 Å². The molecule has 2 aromatic rings. The second-order valence-corrected chi connectivity index (χ2v) is 5.48. The van der Waals surface area contributed by atoms with Gasteiger partial charge in [0.2, 0.25) is 0 Å². The first-order chi connectivity index (χ1) is 10.3. The lowest BCUT2D eigenvalue weighted by Gasteiger charge is -2.27. The molecule has 5 heteroatoms. The largest absolute Gasteiger partial charge is 0.374 e. The van der Waals surface area contributed by atoms with Gasteiger partial charge in [-0.1, -0.05) is 18.2 Å². The van der Waals surface area contributed by atoms with Gasteiger partial charge in [0.15, 0.2) is 0 Å². The molecule has 2 heterocycles. The Labute approximate surface area is 125 Å². The minimum atomic E-state index is 0.278. The summed E-state index contributed by atoms with van der Waals surface area (Å²) in [6.07, 6.45) is 2.29. The van der Waals surface area contributed by atoms with Crippen LogP contribution in [0.25, 0.3) is 5.69 Å². The van der Waals surface area contributed by atoms with E-state index in [2.05, 4.69) is 40.6 Å². The Bertz CT molecular complexity index is 548. The average molecular weight is 286 g/mol. The second-order valence-electron chi connectivity index (χ2n) is 5.48. The van der Waals surface area contributed by atoms with Crippen LogP contribution in [-0.2, 0) is 11.3 Å². The van der Waals surface area contributed by atoms with Crippen molar-refractivity contribution in [3.8, 4) is 5.69 Å². The molecule has 1 atom stereocenters. The lowest BCUT2D eigenvalue weighted by molar-refractivity contribution is 0.00866. The SMILES string of the molecule is CN(Cc1ccn(-c2ccccc2)n1)CC1CNCCO1. The Morgan fingerprint density at radius 1 is 1.33 bits per heavy atom. The van der Waals surface area contributed by atoms with E-state index in [4.69, 9.17) is 4.74 Å². The van der Waals surface area contributed by atoms with E-state index in [1.807, 2.05) is 29.1 Å². The lowest BCUT2D eigenvalue weighted by atomic mass is 10.3.